The summed E-state index contributed by atoms with van der Waals surface area (Å²) >= 11 is 1.62. The lowest BCUT2D eigenvalue weighted by atomic mass is 9.93. The molecule has 1 N–H and O–H groups in total. The average molecular weight is 360 g/mol. The van der Waals surface area contributed by atoms with Gasteiger partial charge in [0.15, 0.2) is 5.82 Å². The second kappa shape index (κ2) is 6.88. The molecule has 0 aromatic carbocycles. The first-order valence-corrected chi connectivity index (χ1v) is 9.94. The Bertz CT molecular complexity index is 782. The smallest absolute Gasteiger partial charge is 0.264 e. The van der Waals surface area contributed by atoms with Crippen molar-refractivity contribution in [3.05, 3.63) is 33.0 Å². The summed E-state index contributed by atoms with van der Waals surface area (Å²) in [6.45, 7) is 1.38. The van der Waals surface area contributed by atoms with Crippen LogP contribution in [-0.2, 0) is 26.5 Å². The minimum Gasteiger partial charge on any atom is -0.388 e. The number of amides is 1. The molecule has 1 amide bonds. The molecule has 1 saturated heterocycles. The maximum Gasteiger partial charge on any atom is 0.264 e. The molecule has 134 valence electrons. The highest BCUT2D eigenvalue weighted by Gasteiger charge is 2.31. The van der Waals surface area contributed by atoms with Crippen LogP contribution in [0.15, 0.2) is 5.38 Å². The summed E-state index contributed by atoms with van der Waals surface area (Å²) in [6, 6.07) is 0. The summed E-state index contributed by atoms with van der Waals surface area (Å²) in [4.78, 5) is 16.0. The van der Waals surface area contributed by atoms with Crippen LogP contribution in [0.4, 0.5) is 0 Å². The van der Waals surface area contributed by atoms with E-state index < -0.39 is 0 Å². The van der Waals surface area contributed by atoms with Crippen LogP contribution < -0.4 is 0 Å². The van der Waals surface area contributed by atoms with Gasteiger partial charge in [0.1, 0.15) is 12.4 Å². The van der Waals surface area contributed by atoms with Gasteiger partial charge in [-0.05, 0) is 55.0 Å². The minimum atomic E-state index is -0.111. The fourth-order valence-corrected chi connectivity index (χ4v) is 5.21. The number of aliphatic hydroxyl groups is 1. The highest BCUT2D eigenvalue weighted by molar-refractivity contribution is 7.12. The number of likely N-dealkylation sites (tertiary alicyclic amines) is 1. The number of fused-ring (bicyclic) bond motifs is 1. The number of hydrogen-bond acceptors (Lipinski definition) is 5. The number of carbonyl (C=O) groups excluding carboxylic acids is 1. The molecule has 6 nitrogen and oxygen atoms in total. The van der Waals surface area contributed by atoms with E-state index in [1.807, 2.05) is 16.5 Å². The van der Waals surface area contributed by atoms with Gasteiger partial charge in [-0.25, -0.2) is 0 Å². The molecule has 4 rings (SSSR count). The number of thiophene rings is 1. The highest BCUT2D eigenvalue weighted by Crippen LogP contribution is 2.33. The molecule has 3 heterocycles. The van der Waals surface area contributed by atoms with E-state index >= 15 is 0 Å². The van der Waals surface area contributed by atoms with E-state index in [4.69, 9.17) is 0 Å². The van der Waals surface area contributed by atoms with Crippen molar-refractivity contribution in [3.8, 4) is 0 Å². The molecule has 0 spiro atoms. The third kappa shape index (κ3) is 3.00. The zero-order chi connectivity index (χ0) is 17.4. The first-order valence-electron chi connectivity index (χ1n) is 9.06. The van der Waals surface area contributed by atoms with Gasteiger partial charge < -0.3 is 14.6 Å². The van der Waals surface area contributed by atoms with Crippen LogP contribution in [0.1, 0.15) is 64.0 Å². The SMILES string of the molecule is Cn1c(CO)nnc1C1CCCN(C(=O)c2scc3c2CCCC3)C1. The molecule has 7 heteroatoms. The topological polar surface area (TPSA) is 71.2 Å². The van der Waals surface area contributed by atoms with Gasteiger partial charge >= 0.3 is 0 Å². The van der Waals surface area contributed by atoms with Crippen molar-refractivity contribution in [2.45, 2.75) is 51.0 Å². The predicted molar refractivity (Wildman–Crippen MR) is 95.8 cm³/mol. The number of piperidine rings is 1. The fourth-order valence-electron chi connectivity index (χ4n) is 4.08. The van der Waals surface area contributed by atoms with Gasteiger partial charge in [0.25, 0.3) is 5.91 Å². The summed E-state index contributed by atoms with van der Waals surface area (Å²) in [7, 11) is 1.89. The molecule has 1 atom stereocenters. The van der Waals surface area contributed by atoms with Crippen LogP contribution in [0.25, 0.3) is 0 Å². The number of nitrogens with zero attached hydrogens (tertiary/aromatic N) is 4. The number of aliphatic hydroxyl groups excluding tert-OH is 1. The summed E-state index contributed by atoms with van der Waals surface area (Å²) in [6.07, 6.45) is 6.57. The molecule has 1 aliphatic carbocycles. The van der Waals surface area contributed by atoms with E-state index in [0.717, 1.165) is 42.9 Å². The number of rotatable bonds is 3. The van der Waals surface area contributed by atoms with Crippen molar-refractivity contribution < 1.29 is 9.90 Å². The van der Waals surface area contributed by atoms with Gasteiger partial charge in [-0.15, -0.1) is 21.5 Å². The van der Waals surface area contributed by atoms with Crippen molar-refractivity contribution in [2.75, 3.05) is 13.1 Å². The zero-order valence-corrected chi connectivity index (χ0v) is 15.4. The Morgan fingerprint density at radius 3 is 2.96 bits per heavy atom. The molecule has 0 bridgehead atoms. The monoisotopic (exact) mass is 360 g/mol. The Balaban J connectivity index is 1.54. The minimum absolute atomic E-state index is 0.111. The molecule has 0 radical (unpaired) electrons. The van der Waals surface area contributed by atoms with Crippen LogP contribution in [0.3, 0.4) is 0 Å². The standard InChI is InChI=1S/C18H24N4O2S/c1-21-15(10-23)19-20-17(21)12-6-4-8-22(9-12)18(24)16-14-7-3-2-5-13(14)11-25-16/h11-12,23H,2-10H2,1H3. The maximum atomic E-state index is 13.1. The Morgan fingerprint density at radius 1 is 1.32 bits per heavy atom. The zero-order valence-electron chi connectivity index (χ0n) is 14.6. The number of aromatic nitrogens is 3. The number of carbonyl (C=O) groups is 1. The van der Waals surface area contributed by atoms with E-state index in [9.17, 15) is 9.90 Å². The Morgan fingerprint density at radius 2 is 2.16 bits per heavy atom. The highest BCUT2D eigenvalue weighted by atomic mass is 32.1. The fraction of sp³-hybridized carbons (Fsp3) is 0.611. The van der Waals surface area contributed by atoms with E-state index in [-0.39, 0.29) is 18.4 Å². The second-order valence-corrected chi connectivity index (χ2v) is 7.94. The molecule has 1 aliphatic heterocycles. The van der Waals surface area contributed by atoms with Gasteiger partial charge in [0.05, 0.1) is 4.88 Å². The van der Waals surface area contributed by atoms with Crippen LogP contribution >= 0.6 is 11.3 Å². The van der Waals surface area contributed by atoms with Crippen molar-refractivity contribution in [1.82, 2.24) is 19.7 Å². The normalized spacial score (nSPS) is 20.6. The summed E-state index contributed by atoms with van der Waals surface area (Å²) in [5, 5.41) is 19.8. The first kappa shape index (κ1) is 16.7. The van der Waals surface area contributed by atoms with Gasteiger partial charge in [-0.1, -0.05) is 0 Å². The Labute approximate surface area is 151 Å². The summed E-state index contributed by atoms with van der Waals surface area (Å²) in [5.41, 5.74) is 2.68. The van der Waals surface area contributed by atoms with Gasteiger partial charge in [0, 0.05) is 26.1 Å². The van der Waals surface area contributed by atoms with Crippen LogP contribution in [0.5, 0.6) is 0 Å². The average Bonchev–Trinajstić information content (AvgIpc) is 3.24. The largest absolute Gasteiger partial charge is 0.388 e. The van der Waals surface area contributed by atoms with Crippen molar-refractivity contribution in [1.29, 1.82) is 0 Å². The molecule has 0 saturated carbocycles. The van der Waals surface area contributed by atoms with Crippen molar-refractivity contribution in [2.24, 2.45) is 7.05 Å². The van der Waals surface area contributed by atoms with Crippen LogP contribution in [0, 0.1) is 0 Å². The molecule has 2 aromatic rings. The van der Waals surface area contributed by atoms with E-state index in [2.05, 4.69) is 15.6 Å². The van der Waals surface area contributed by atoms with Gasteiger partial charge in [0.2, 0.25) is 0 Å². The number of aryl methyl sites for hydroxylation is 1. The third-order valence-corrected chi connectivity index (χ3v) is 6.57. The summed E-state index contributed by atoms with van der Waals surface area (Å²) < 4.78 is 1.87. The van der Waals surface area contributed by atoms with Crippen molar-refractivity contribution >= 4 is 17.2 Å². The maximum absolute atomic E-state index is 13.1. The van der Waals surface area contributed by atoms with Gasteiger partial charge in [-0.2, -0.15) is 0 Å². The van der Waals surface area contributed by atoms with Gasteiger partial charge in [-0.3, -0.25) is 4.79 Å². The lowest BCUT2D eigenvalue weighted by Gasteiger charge is -2.32. The van der Waals surface area contributed by atoms with Crippen LogP contribution in [-0.4, -0.2) is 43.8 Å². The molecule has 1 fully saturated rings. The molecular formula is C18H24N4O2S. The van der Waals surface area contributed by atoms with E-state index in [0.29, 0.717) is 12.4 Å². The van der Waals surface area contributed by atoms with Crippen molar-refractivity contribution in [3.63, 3.8) is 0 Å². The first-order chi connectivity index (χ1) is 12.2. The quantitative estimate of drug-likeness (QED) is 0.911. The summed E-state index contributed by atoms with van der Waals surface area (Å²) in [5.74, 6) is 1.81. The Kier molecular flexibility index (Phi) is 4.60. The molecular weight excluding hydrogens is 336 g/mol. The lowest BCUT2D eigenvalue weighted by molar-refractivity contribution is 0.0707. The predicted octanol–water partition coefficient (Wildman–Crippen LogP) is 2.27. The molecule has 25 heavy (non-hydrogen) atoms. The van der Waals surface area contributed by atoms with E-state index in [1.54, 1.807) is 11.3 Å². The lowest BCUT2D eigenvalue weighted by Crippen LogP contribution is -2.39. The Hall–Kier alpha value is -1.73. The van der Waals surface area contributed by atoms with E-state index in [1.165, 1.54) is 24.0 Å². The van der Waals surface area contributed by atoms with Crippen LogP contribution in [0.2, 0.25) is 0 Å². The third-order valence-electron chi connectivity index (χ3n) is 5.51. The molecule has 2 aromatic heterocycles. The second-order valence-electron chi connectivity index (χ2n) is 7.06. The molecule has 2 aliphatic rings. The molecule has 1 unspecified atom stereocenters. The number of hydrogen-bond donors (Lipinski definition) is 1.